The molecule has 1 nitrogen and oxygen atoms in total. The van der Waals surface area contributed by atoms with E-state index in [1.165, 1.54) is 12.1 Å². The van der Waals surface area contributed by atoms with Crippen molar-refractivity contribution < 1.29 is 9.13 Å². The first-order chi connectivity index (χ1) is 6.10. The van der Waals surface area contributed by atoms with E-state index in [0.29, 0.717) is 6.10 Å². The molecule has 1 aromatic carbocycles. The molecule has 1 aromatic rings. The maximum atomic E-state index is 12.7. The summed E-state index contributed by atoms with van der Waals surface area (Å²) >= 11 is 0. The topological polar surface area (TPSA) is 12.5 Å². The van der Waals surface area contributed by atoms with E-state index in [1.54, 1.807) is 0 Å². The van der Waals surface area contributed by atoms with E-state index in [9.17, 15) is 4.39 Å². The second kappa shape index (κ2) is 2.81. The van der Waals surface area contributed by atoms with Crippen LogP contribution in [0.15, 0.2) is 24.3 Å². The number of ether oxygens (including phenoxy) is 1. The van der Waals surface area contributed by atoms with E-state index in [-0.39, 0.29) is 11.2 Å². The minimum absolute atomic E-state index is 0.00764. The first-order valence-electron chi connectivity index (χ1n) is 4.48. The van der Waals surface area contributed by atoms with Gasteiger partial charge in [0, 0.05) is 5.41 Å². The molecule has 2 rings (SSSR count). The van der Waals surface area contributed by atoms with Gasteiger partial charge < -0.3 is 4.74 Å². The van der Waals surface area contributed by atoms with Crippen LogP contribution in [-0.2, 0) is 10.2 Å². The van der Waals surface area contributed by atoms with E-state index in [2.05, 4.69) is 13.8 Å². The van der Waals surface area contributed by atoms with Gasteiger partial charge in [-0.25, -0.2) is 4.39 Å². The van der Waals surface area contributed by atoms with Gasteiger partial charge >= 0.3 is 0 Å². The van der Waals surface area contributed by atoms with Crippen LogP contribution in [0, 0.1) is 5.82 Å². The molecule has 1 atom stereocenters. The molecule has 0 saturated carbocycles. The van der Waals surface area contributed by atoms with Crippen LogP contribution in [0.3, 0.4) is 0 Å². The van der Waals surface area contributed by atoms with Crippen LogP contribution >= 0.6 is 0 Å². The summed E-state index contributed by atoms with van der Waals surface area (Å²) in [6.45, 7) is 5.07. The quantitative estimate of drug-likeness (QED) is 0.637. The number of benzene rings is 1. The molecule has 0 aromatic heterocycles. The van der Waals surface area contributed by atoms with Crippen molar-refractivity contribution in [2.45, 2.75) is 25.4 Å². The van der Waals surface area contributed by atoms with Gasteiger partial charge in [-0.1, -0.05) is 26.0 Å². The molecule has 1 fully saturated rings. The fourth-order valence-corrected chi connectivity index (χ4v) is 1.53. The van der Waals surface area contributed by atoms with Crippen LogP contribution in [-0.4, -0.2) is 12.7 Å². The average molecular weight is 180 g/mol. The van der Waals surface area contributed by atoms with E-state index in [4.69, 9.17) is 4.74 Å². The van der Waals surface area contributed by atoms with E-state index >= 15 is 0 Å². The molecule has 1 aliphatic heterocycles. The first kappa shape index (κ1) is 8.70. The van der Waals surface area contributed by atoms with Gasteiger partial charge in [0.25, 0.3) is 0 Å². The summed E-state index contributed by atoms with van der Waals surface area (Å²) in [6, 6.07) is 6.66. The second-order valence-corrected chi connectivity index (χ2v) is 4.05. The smallest absolute Gasteiger partial charge is 0.123 e. The third kappa shape index (κ3) is 1.59. The standard InChI is InChI=1S/C11H13FO/c1-11(2,10-7-13-10)8-3-5-9(12)6-4-8/h3-6,10H,7H2,1-2H3/t10-/m1/s1. The normalized spacial score (nSPS) is 21.6. The number of hydrogen-bond donors (Lipinski definition) is 0. The first-order valence-corrected chi connectivity index (χ1v) is 4.48. The molecule has 0 unspecified atom stereocenters. The lowest BCUT2D eigenvalue weighted by Crippen LogP contribution is -2.24. The Balaban J connectivity index is 2.28. The third-order valence-electron chi connectivity index (χ3n) is 2.73. The van der Waals surface area contributed by atoms with Gasteiger partial charge in [-0.05, 0) is 17.7 Å². The van der Waals surface area contributed by atoms with Crippen molar-refractivity contribution in [3.05, 3.63) is 35.6 Å². The maximum absolute atomic E-state index is 12.7. The molecule has 0 bridgehead atoms. The summed E-state index contributed by atoms with van der Waals surface area (Å²) in [6.07, 6.45) is 0.304. The highest BCUT2D eigenvalue weighted by atomic mass is 19.1. The van der Waals surface area contributed by atoms with Crippen molar-refractivity contribution in [2.24, 2.45) is 0 Å². The lowest BCUT2D eigenvalue weighted by molar-refractivity contribution is 0.319. The monoisotopic (exact) mass is 180 g/mol. The fraction of sp³-hybridized carbons (Fsp3) is 0.455. The van der Waals surface area contributed by atoms with Crippen molar-refractivity contribution in [1.82, 2.24) is 0 Å². The minimum atomic E-state index is -0.184. The third-order valence-corrected chi connectivity index (χ3v) is 2.73. The summed E-state index contributed by atoms with van der Waals surface area (Å²) in [5.41, 5.74) is 1.14. The number of rotatable bonds is 2. The summed E-state index contributed by atoms with van der Waals surface area (Å²) in [4.78, 5) is 0. The zero-order valence-electron chi connectivity index (χ0n) is 7.88. The molecule has 0 aliphatic carbocycles. The van der Waals surface area contributed by atoms with Crippen LogP contribution in [0.1, 0.15) is 19.4 Å². The SMILES string of the molecule is CC(C)(c1ccc(F)cc1)[C@H]1CO1. The molecule has 1 heterocycles. The Morgan fingerprint density at radius 1 is 1.31 bits per heavy atom. The Morgan fingerprint density at radius 3 is 2.31 bits per heavy atom. The molecule has 13 heavy (non-hydrogen) atoms. The molecular formula is C11H13FO. The van der Waals surface area contributed by atoms with Crippen LogP contribution in [0.5, 0.6) is 0 Å². The average Bonchev–Trinajstić information content (AvgIpc) is 2.87. The summed E-state index contributed by atoms with van der Waals surface area (Å²) in [5.74, 6) is -0.184. The van der Waals surface area contributed by atoms with Gasteiger partial charge in [-0.2, -0.15) is 0 Å². The number of epoxide rings is 1. The molecule has 0 spiro atoms. The Labute approximate surface area is 77.5 Å². The van der Waals surface area contributed by atoms with Crippen LogP contribution in [0.25, 0.3) is 0 Å². The second-order valence-electron chi connectivity index (χ2n) is 4.05. The summed E-state index contributed by atoms with van der Waals surface area (Å²) < 4.78 is 17.9. The highest BCUT2D eigenvalue weighted by Gasteiger charge is 2.40. The van der Waals surface area contributed by atoms with Gasteiger partial charge in [-0.3, -0.25) is 0 Å². The van der Waals surface area contributed by atoms with Crippen LogP contribution in [0.4, 0.5) is 4.39 Å². The van der Waals surface area contributed by atoms with Crippen LogP contribution < -0.4 is 0 Å². The van der Waals surface area contributed by atoms with Crippen molar-refractivity contribution in [1.29, 1.82) is 0 Å². The molecule has 0 amide bonds. The zero-order valence-corrected chi connectivity index (χ0v) is 7.88. The fourth-order valence-electron chi connectivity index (χ4n) is 1.53. The molecule has 0 radical (unpaired) electrons. The van der Waals surface area contributed by atoms with Crippen molar-refractivity contribution in [3.8, 4) is 0 Å². The Bertz CT molecular complexity index is 298. The van der Waals surface area contributed by atoms with Gasteiger partial charge in [0.2, 0.25) is 0 Å². The molecule has 1 aliphatic rings. The van der Waals surface area contributed by atoms with E-state index in [0.717, 1.165) is 12.2 Å². The van der Waals surface area contributed by atoms with Gasteiger partial charge in [-0.15, -0.1) is 0 Å². The van der Waals surface area contributed by atoms with Crippen LogP contribution in [0.2, 0.25) is 0 Å². The lowest BCUT2D eigenvalue weighted by Gasteiger charge is -2.22. The van der Waals surface area contributed by atoms with Crippen molar-refractivity contribution >= 4 is 0 Å². The minimum Gasteiger partial charge on any atom is -0.372 e. The van der Waals surface area contributed by atoms with Gasteiger partial charge in [0.15, 0.2) is 0 Å². The number of hydrogen-bond acceptors (Lipinski definition) is 1. The highest BCUT2D eigenvalue weighted by Crippen LogP contribution is 2.35. The molecule has 1 saturated heterocycles. The lowest BCUT2D eigenvalue weighted by atomic mass is 9.82. The Kier molecular flexibility index (Phi) is 1.88. The van der Waals surface area contributed by atoms with E-state index in [1.807, 2.05) is 12.1 Å². The van der Waals surface area contributed by atoms with E-state index < -0.39 is 0 Å². The summed E-state index contributed by atoms with van der Waals surface area (Å²) in [5, 5.41) is 0. The Morgan fingerprint density at radius 2 is 1.85 bits per heavy atom. The largest absolute Gasteiger partial charge is 0.372 e. The van der Waals surface area contributed by atoms with Crippen molar-refractivity contribution in [2.75, 3.05) is 6.61 Å². The maximum Gasteiger partial charge on any atom is 0.123 e. The molecular weight excluding hydrogens is 167 g/mol. The number of halogens is 1. The Hall–Kier alpha value is -0.890. The highest BCUT2D eigenvalue weighted by molar-refractivity contribution is 5.27. The molecule has 0 N–H and O–H groups in total. The van der Waals surface area contributed by atoms with Gasteiger partial charge in [0.1, 0.15) is 5.82 Å². The predicted molar refractivity (Wildman–Crippen MR) is 49.2 cm³/mol. The van der Waals surface area contributed by atoms with Gasteiger partial charge in [0.05, 0.1) is 12.7 Å². The molecule has 70 valence electrons. The van der Waals surface area contributed by atoms with Crippen molar-refractivity contribution in [3.63, 3.8) is 0 Å². The summed E-state index contributed by atoms with van der Waals surface area (Å²) in [7, 11) is 0. The predicted octanol–water partition coefficient (Wildman–Crippen LogP) is 2.50. The zero-order chi connectivity index (χ0) is 9.47. The molecule has 2 heteroatoms.